The number of hydrogen-bond donors (Lipinski definition) is 2. The van der Waals surface area contributed by atoms with Gasteiger partial charge in [-0.3, -0.25) is 4.90 Å². The zero-order valence-corrected chi connectivity index (χ0v) is 12.6. The lowest BCUT2D eigenvalue weighted by atomic mass is 10.4. The molecule has 0 aliphatic carbocycles. The van der Waals surface area contributed by atoms with E-state index in [4.69, 9.17) is 0 Å². The van der Waals surface area contributed by atoms with Crippen molar-refractivity contribution in [2.45, 2.75) is 26.9 Å². The lowest BCUT2D eigenvalue weighted by molar-refractivity contribution is 0.292. The minimum absolute atomic E-state index is 0.228. The lowest BCUT2D eigenvalue weighted by Gasteiger charge is -2.15. The van der Waals surface area contributed by atoms with Gasteiger partial charge in [-0.2, -0.15) is 13.1 Å². The second kappa shape index (κ2) is 7.15. The van der Waals surface area contributed by atoms with Crippen molar-refractivity contribution in [3.05, 3.63) is 16.1 Å². The lowest BCUT2D eigenvalue weighted by Crippen LogP contribution is -2.33. The zero-order chi connectivity index (χ0) is 13.6. The normalized spacial score (nSPS) is 12.2. The molecule has 0 amide bonds. The fourth-order valence-electron chi connectivity index (χ4n) is 1.41. The number of rotatable bonds is 8. The van der Waals surface area contributed by atoms with Gasteiger partial charge in [-0.15, -0.1) is 11.3 Å². The summed E-state index contributed by atoms with van der Waals surface area (Å²) in [5, 5.41) is 2.75. The minimum atomic E-state index is -3.38. The van der Waals surface area contributed by atoms with Crippen molar-refractivity contribution in [2.75, 3.05) is 20.1 Å². The summed E-state index contributed by atoms with van der Waals surface area (Å²) in [5.41, 5.74) is 0.988. The summed E-state index contributed by atoms with van der Waals surface area (Å²) < 4.78 is 27.0. The molecule has 1 aromatic heterocycles. The molecule has 18 heavy (non-hydrogen) atoms. The van der Waals surface area contributed by atoms with Crippen LogP contribution in [0.4, 0.5) is 0 Å². The van der Waals surface area contributed by atoms with Crippen molar-refractivity contribution in [2.24, 2.45) is 0 Å². The SMILES string of the molecule is CCN(CC)Cc1csc(CNS(=O)(=O)NC)n1. The number of hydrogen-bond acceptors (Lipinski definition) is 5. The Bertz CT molecular complexity index is 454. The first-order valence-electron chi connectivity index (χ1n) is 5.84. The van der Waals surface area contributed by atoms with Crippen molar-refractivity contribution in [1.29, 1.82) is 0 Å². The number of nitrogens with zero attached hydrogens (tertiary/aromatic N) is 2. The molecule has 0 unspecified atom stereocenters. The molecule has 0 bridgehead atoms. The van der Waals surface area contributed by atoms with Crippen molar-refractivity contribution in [3.63, 3.8) is 0 Å². The fraction of sp³-hybridized carbons (Fsp3) is 0.700. The molecule has 1 aromatic rings. The van der Waals surface area contributed by atoms with E-state index in [-0.39, 0.29) is 6.54 Å². The van der Waals surface area contributed by atoms with E-state index >= 15 is 0 Å². The predicted octanol–water partition coefficient (Wildman–Crippen LogP) is 0.539. The Balaban J connectivity index is 2.53. The molecule has 0 atom stereocenters. The van der Waals surface area contributed by atoms with Gasteiger partial charge < -0.3 is 0 Å². The highest BCUT2D eigenvalue weighted by molar-refractivity contribution is 7.87. The van der Waals surface area contributed by atoms with Crippen molar-refractivity contribution < 1.29 is 8.42 Å². The van der Waals surface area contributed by atoms with Crippen LogP contribution in [-0.2, 0) is 23.3 Å². The predicted molar refractivity (Wildman–Crippen MR) is 73.6 cm³/mol. The van der Waals surface area contributed by atoms with Gasteiger partial charge in [0.1, 0.15) is 5.01 Å². The van der Waals surface area contributed by atoms with Crippen molar-refractivity contribution in [3.8, 4) is 0 Å². The van der Waals surface area contributed by atoms with Gasteiger partial charge in [0.05, 0.1) is 12.2 Å². The maximum atomic E-state index is 11.2. The first kappa shape index (κ1) is 15.5. The van der Waals surface area contributed by atoms with Crippen LogP contribution >= 0.6 is 11.3 Å². The van der Waals surface area contributed by atoms with E-state index in [1.54, 1.807) is 0 Å². The quantitative estimate of drug-likeness (QED) is 0.733. The van der Waals surface area contributed by atoms with Crippen LogP contribution < -0.4 is 9.44 Å². The van der Waals surface area contributed by atoms with E-state index in [2.05, 4.69) is 33.2 Å². The van der Waals surface area contributed by atoms with E-state index in [0.717, 1.165) is 30.3 Å². The molecule has 2 N–H and O–H groups in total. The molecule has 8 heteroatoms. The van der Waals surface area contributed by atoms with Crippen LogP contribution in [0.15, 0.2) is 5.38 Å². The molecule has 1 rings (SSSR count). The number of nitrogens with one attached hydrogen (secondary N) is 2. The molecule has 104 valence electrons. The third-order valence-corrected chi connectivity index (χ3v) is 4.52. The Labute approximate surface area is 113 Å². The molecule has 6 nitrogen and oxygen atoms in total. The third-order valence-electron chi connectivity index (χ3n) is 2.56. The smallest absolute Gasteiger partial charge is 0.277 e. The average molecular weight is 292 g/mol. The van der Waals surface area contributed by atoms with Crippen LogP contribution in [-0.4, -0.2) is 38.4 Å². The van der Waals surface area contributed by atoms with Crippen LogP contribution in [0.3, 0.4) is 0 Å². The molecular formula is C10H20N4O2S2. The zero-order valence-electron chi connectivity index (χ0n) is 10.9. The second-order valence-electron chi connectivity index (χ2n) is 3.72. The fourth-order valence-corrected chi connectivity index (χ4v) is 2.70. The van der Waals surface area contributed by atoms with E-state index in [1.165, 1.54) is 18.4 Å². The Morgan fingerprint density at radius 3 is 2.61 bits per heavy atom. The van der Waals surface area contributed by atoms with Crippen LogP contribution in [0, 0.1) is 0 Å². The van der Waals surface area contributed by atoms with E-state index in [9.17, 15) is 8.42 Å². The topological polar surface area (TPSA) is 74.3 Å². The molecule has 0 fully saturated rings. The first-order valence-corrected chi connectivity index (χ1v) is 8.20. The summed E-state index contributed by atoms with van der Waals surface area (Å²) in [4.78, 5) is 6.67. The molecular weight excluding hydrogens is 272 g/mol. The number of thiazole rings is 1. The van der Waals surface area contributed by atoms with Crippen LogP contribution in [0.25, 0.3) is 0 Å². The standard InChI is InChI=1S/C10H20N4O2S2/c1-4-14(5-2)7-9-8-17-10(13-9)6-12-18(15,16)11-3/h8,11-12H,4-7H2,1-3H3. The molecule has 0 saturated heterocycles. The monoisotopic (exact) mass is 292 g/mol. The Morgan fingerprint density at radius 2 is 2.06 bits per heavy atom. The maximum absolute atomic E-state index is 11.2. The summed E-state index contributed by atoms with van der Waals surface area (Å²) in [7, 11) is -2.01. The van der Waals surface area contributed by atoms with Crippen LogP contribution in [0.5, 0.6) is 0 Å². The Hall–Kier alpha value is -0.540. The highest BCUT2D eigenvalue weighted by Gasteiger charge is 2.09. The summed E-state index contributed by atoms with van der Waals surface area (Å²) in [5.74, 6) is 0. The first-order chi connectivity index (χ1) is 8.50. The van der Waals surface area contributed by atoms with Gasteiger partial charge in [0.25, 0.3) is 10.2 Å². The second-order valence-corrected chi connectivity index (χ2v) is 6.37. The number of aromatic nitrogens is 1. The van der Waals surface area contributed by atoms with E-state index in [1.807, 2.05) is 5.38 Å². The highest BCUT2D eigenvalue weighted by atomic mass is 32.2. The van der Waals surface area contributed by atoms with Gasteiger partial charge in [0, 0.05) is 19.0 Å². The highest BCUT2D eigenvalue weighted by Crippen LogP contribution is 2.11. The summed E-state index contributed by atoms with van der Waals surface area (Å²) >= 11 is 1.47. The minimum Gasteiger partial charge on any atom is -0.298 e. The molecule has 0 spiro atoms. The average Bonchev–Trinajstić information content (AvgIpc) is 2.81. The van der Waals surface area contributed by atoms with Gasteiger partial charge in [-0.1, -0.05) is 13.8 Å². The Morgan fingerprint density at radius 1 is 1.39 bits per heavy atom. The van der Waals surface area contributed by atoms with Crippen molar-refractivity contribution >= 4 is 21.5 Å². The molecule has 0 saturated carbocycles. The van der Waals surface area contributed by atoms with Crippen molar-refractivity contribution in [1.82, 2.24) is 19.3 Å². The van der Waals surface area contributed by atoms with Crippen LogP contribution in [0.1, 0.15) is 24.5 Å². The van der Waals surface area contributed by atoms with Crippen LogP contribution in [0.2, 0.25) is 0 Å². The van der Waals surface area contributed by atoms with Gasteiger partial charge in [0.2, 0.25) is 0 Å². The maximum Gasteiger partial charge on any atom is 0.277 e. The largest absolute Gasteiger partial charge is 0.298 e. The van der Waals surface area contributed by atoms with E-state index in [0.29, 0.717) is 0 Å². The Kier molecular flexibility index (Phi) is 6.16. The summed E-state index contributed by atoms with van der Waals surface area (Å²) in [6.45, 7) is 7.22. The van der Waals surface area contributed by atoms with Gasteiger partial charge in [-0.05, 0) is 13.1 Å². The molecule has 0 aliphatic heterocycles. The molecule has 0 radical (unpaired) electrons. The van der Waals surface area contributed by atoms with Gasteiger partial charge in [0.15, 0.2) is 0 Å². The van der Waals surface area contributed by atoms with Gasteiger partial charge >= 0.3 is 0 Å². The third kappa shape index (κ3) is 4.99. The molecule has 0 aromatic carbocycles. The molecule has 1 heterocycles. The molecule has 0 aliphatic rings. The summed E-state index contributed by atoms with van der Waals surface area (Å²) in [6, 6.07) is 0. The van der Waals surface area contributed by atoms with E-state index < -0.39 is 10.2 Å². The van der Waals surface area contributed by atoms with Gasteiger partial charge in [-0.25, -0.2) is 9.71 Å². The summed E-state index contributed by atoms with van der Waals surface area (Å²) in [6.07, 6.45) is 0.